The normalized spacial score (nSPS) is 18.7. The first kappa shape index (κ1) is 23.7. The second-order valence-corrected chi connectivity index (χ2v) is 8.80. The van der Waals surface area contributed by atoms with Gasteiger partial charge in [-0.3, -0.25) is 10.1 Å². The molecule has 1 saturated carbocycles. The van der Waals surface area contributed by atoms with E-state index in [0.29, 0.717) is 0 Å². The Morgan fingerprint density at radius 3 is 2.52 bits per heavy atom. The molecule has 0 radical (unpaired) electrons. The molecule has 1 fully saturated rings. The first-order chi connectivity index (χ1) is 14.4. The lowest BCUT2D eigenvalue weighted by Gasteiger charge is -2.42. The van der Waals surface area contributed by atoms with Crippen molar-refractivity contribution in [3.63, 3.8) is 0 Å². The van der Waals surface area contributed by atoms with E-state index in [9.17, 15) is 10.1 Å². The lowest BCUT2D eigenvalue weighted by molar-refractivity contribution is -0.384. The van der Waals surface area contributed by atoms with Crippen molar-refractivity contribution in [1.82, 2.24) is 0 Å². The van der Waals surface area contributed by atoms with Crippen LogP contribution in [0, 0.1) is 24.0 Å². The van der Waals surface area contributed by atoms with Crippen LogP contribution in [0.2, 0.25) is 0 Å². The summed E-state index contributed by atoms with van der Waals surface area (Å²) in [5, 5.41) is 12.3. The van der Waals surface area contributed by atoms with Crippen LogP contribution in [0.1, 0.15) is 43.2 Å². The van der Waals surface area contributed by atoms with Gasteiger partial charge in [-0.05, 0) is 56.2 Å². The molecule has 31 heavy (non-hydrogen) atoms. The van der Waals surface area contributed by atoms with Gasteiger partial charge in [0.05, 0.1) is 16.3 Å². The second-order valence-electron chi connectivity index (χ2n) is 8.03. The van der Waals surface area contributed by atoms with Crippen LogP contribution in [0.5, 0.6) is 0 Å². The molecule has 2 aliphatic rings. The van der Waals surface area contributed by atoms with Gasteiger partial charge in [0.15, 0.2) is 11.0 Å². The SMILES string of the molecule is CSC1=NC(=Nc2cccc(C)c2)C2(CCCCC2)N1c1cc([N+](=O)[O-])ccc1C.I. The van der Waals surface area contributed by atoms with Crippen molar-refractivity contribution in [3.8, 4) is 0 Å². The summed E-state index contributed by atoms with van der Waals surface area (Å²) in [5.74, 6) is 0.822. The van der Waals surface area contributed by atoms with Gasteiger partial charge >= 0.3 is 0 Å². The molecule has 1 heterocycles. The van der Waals surface area contributed by atoms with Gasteiger partial charge in [-0.25, -0.2) is 9.98 Å². The van der Waals surface area contributed by atoms with E-state index < -0.39 is 0 Å². The van der Waals surface area contributed by atoms with Crippen LogP contribution in [0.15, 0.2) is 52.4 Å². The number of non-ortho nitro benzene ring substituents is 1. The fourth-order valence-corrected chi connectivity index (χ4v) is 5.12. The van der Waals surface area contributed by atoms with E-state index in [0.717, 1.165) is 59.2 Å². The molecule has 0 N–H and O–H groups in total. The third kappa shape index (κ3) is 4.50. The number of benzene rings is 2. The Bertz CT molecular complexity index is 1050. The number of amidine groups is 2. The molecule has 164 valence electrons. The zero-order valence-corrected chi connectivity index (χ0v) is 21.1. The van der Waals surface area contributed by atoms with Gasteiger partial charge in [-0.15, -0.1) is 24.0 Å². The summed E-state index contributed by atoms with van der Waals surface area (Å²) >= 11 is 1.57. The molecule has 0 bridgehead atoms. The van der Waals surface area contributed by atoms with Gasteiger partial charge < -0.3 is 4.90 Å². The van der Waals surface area contributed by atoms with Crippen LogP contribution in [0.3, 0.4) is 0 Å². The van der Waals surface area contributed by atoms with E-state index in [1.165, 1.54) is 6.42 Å². The van der Waals surface area contributed by atoms with Crippen molar-refractivity contribution in [3.05, 3.63) is 63.7 Å². The number of nitro benzene ring substituents is 1. The Kier molecular flexibility index (Phi) is 7.41. The fourth-order valence-electron chi connectivity index (χ4n) is 4.48. The predicted molar refractivity (Wildman–Crippen MR) is 141 cm³/mol. The number of anilines is 1. The maximum atomic E-state index is 11.5. The molecule has 0 atom stereocenters. The van der Waals surface area contributed by atoms with Gasteiger partial charge in [0.2, 0.25) is 0 Å². The topological polar surface area (TPSA) is 71.1 Å². The van der Waals surface area contributed by atoms with Gasteiger partial charge in [0, 0.05) is 12.1 Å². The maximum absolute atomic E-state index is 11.5. The standard InChI is InChI=1S/C23H26N4O2S.HI/c1-16-8-7-9-18(14-16)24-21-23(12-5-4-6-13-23)26(22(25-21)30-3)20-15-19(27(28)29)11-10-17(20)2;/h7-11,14-15H,4-6,12-13H2,1-3H3;1H. The highest BCUT2D eigenvalue weighted by Gasteiger charge is 2.50. The minimum absolute atomic E-state index is 0. The van der Waals surface area contributed by atoms with E-state index in [1.54, 1.807) is 23.9 Å². The zero-order chi connectivity index (χ0) is 21.3. The quantitative estimate of drug-likeness (QED) is 0.239. The largest absolute Gasteiger partial charge is 0.307 e. The molecular formula is C23H27IN4O2S. The Balaban J connectivity index is 0.00000272. The molecule has 6 nitrogen and oxygen atoms in total. The van der Waals surface area contributed by atoms with Gasteiger partial charge in [0.1, 0.15) is 5.54 Å². The lowest BCUT2D eigenvalue weighted by atomic mass is 9.79. The number of rotatable bonds is 3. The number of thioether (sulfide) groups is 1. The summed E-state index contributed by atoms with van der Waals surface area (Å²) in [5.41, 5.74) is 3.66. The molecule has 1 aliphatic carbocycles. The Morgan fingerprint density at radius 2 is 1.87 bits per heavy atom. The Labute approximate surface area is 204 Å². The van der Waals surface area contributed by atoms with E-state index >= 15 is 0 Å². The van der Waals surface area contributed by atoms with Crippen LogP contribution < -0.4 is 4.90 Å². The van der Waals surface area contributed by atoms with Crippen molar-refractivity contribution in [2.24, 2.45) is 9.98 Å². The molecule has 4 rings (SSSR count). The average molecular weight is 550 g/mol. The summed E-state index contributed by atoms with van der Waals surface area (Å²) in [6, 6.07) is 13.2. The molecule has 0 amide bonds. The first-order valence-electron chi connectivity index (χ1n) is 10.3. The highest BCUT2D eigenvalue weighted by Crippen LogP contribution is 2.45. The molecule has 1 spiro atoms. The number of aryl methyl sites for hydroxylation is 2. The summed E-state index contributed by atoms with van der Waals surface area (Å²) in [6.07, 6.45) is 7.25. The van der Waals surface area contributed by atoms with Gasteiger partial charge in [-0.2, -0.15) is 0 Å². The van der Waals surface area contributed by atoms with Crippen molar-refractivity contribution in [1.29, 1.82) is 0 Å². The van der Waals surface area contributed by atoms with E-state index in [2.05, 4.69) is 24.0 Å². The minimum atomic E-state index is -0.361. The third-order valence-electron chi connectivity index (χ3n) is 5.98. The van der Waals surface area contributed by atoms with Crippen LogP contribution >= 0.6 is 35.7 Å². The van der Waals surface area contributed by atoms with Crippen LogP contribution in [0.4, 0.5) is 17.1 Å². The van der Waals surface area contributed by atoms with Crippen molar-refractivity contribution < 1.29 is 4.92 Å². The fraction of sp³-hybridized carbons (Fsp3) is 0.391. The summed E-state index contributed by atoms with van der Waals surface area (Å²) in [4.78, 5) is 23.3. The van der Waals surface area contributed by atoms with Crippen LogP contribution in [-0.2, 0) is 0 Å². The third-order valence-corrected chi connectivity index (χ3v) is 6.62. The average Bonchev–Trinajstić information content (AvgIpc) is 3.01. The molecule has 0 unspecified atom stereocenters. The number of aliphatic imine (C=N–C) groups is 2. The highest BCUT2D eigenvalue weighted by molar-refractivity contribution is 14.0. The zero-order valence-electron chi connectivity index (χ0n) is 18.0. The summed E-state index contributed by atoms with van der Waals surface area (Å²) < 4.78 is 0. The highest BCUT2D eigenvalue weighted by atomic mass is 127. The second kappa shape index (κ2) is 9.68. The Morgan fingerprint density at radius 1 is 1.13 bits per heavy atom. The monoisotopic (exact) mass is 550 g/mol. The lowest BCUT2D eigenvalue weighted by Crippen LogP contribution is -2.53. The van der Waals surface area contributed by atoms with Crippen molar-refractivity contribution in [2.45, 2.75) is 51.5 Å². The number of halogens is 1. The van der Waals surface area contributed by atoms with Crippen molar-refractivity contribution >= 4 is 63.8 Å². The van der Waals surface area contributed by atoms with Crippen molar-refractivity contribution in [2.75, 3.05) is 11.2 Å². The van der Waals surface area contributed by atoms with E-state index in [-0.39, 0.29) is 40.1 Å². The molecular weight excluding hydrogens is 523 g/mol. The molecule has 1 aliphatic heterocycles. The predicted octanol–water partition coefficient (Wildman–Crippen LogP) is 6.80. The van der Waals surface area contributed by atoms with Gasteiger partial charge in [-0.1, -0.05) is 49.2 Å². The maximum Gasteiger partial charge on any atom is 0.271 e. The molecule has 2 aromatic rings. The van der Waals surface area contributed by atoms with E-state index in [1.807, 2.05) is 31.4 Å². The van der Waals surface area contributed by atoms with Crippen LogP contribution in [-0.4, -0.2) is 27.7 Å². The Hall–Kier alpha value is -1.94. The first-order valence-corrected chi connectivity index (χ1v) is 11.5. The molecule has 8 heteroatoms. The summed E-state index contributed by atoms with van der Waals surface area (Å²) in [7, 11) is 0. The minimum Gasteiger partial charge on any atom is -0.307 e. The molecule has 2 aromatic carbocycles. The summed E-state index contributed by atoms with van der Waals surface area (Å²) in [6.45, 7) is 4.06. The smallest absolute Gasteiger partial charge is 0.271 e. The van der Waals surface area contributed by atoms with Crippen LogP contribution in [0.25, 0.3) is 0 Å². The molecule has 0 saturated heterocycles. The number of hydrogen-bond acceptors (Lipinski definition) is 5. The van der Waals surface area contributed by atoms with Gasteiger partial charge in [0.25, 0.3) is 5.69 Å². The van der Waals surface area contributed by atoms with E-state index in [4.69, 9.17) is 9.98 Å². The number of nitrogens with zero attached hydrogens (tertiary/aromatic N) is 4. The number of hydrogen-bond donors (Lipinski definition) is 0. The number of nitro groups is 1. The molecule has 0 aromatic heterocycles.